The number of nitrogens with zero attached hydrogens (tertiary/aromatic N) is 1. The van der Waals surface area contributed by atoms with Gasteiger partial charge in [0.2, 0.25) is 0 Å². The second-order valence-corrected chi connectivity index (χ2v) is 5.21. The number of benzene rings is 2. The molecule has 0 saturated carbocycles. The number of para-hydroxylation sites is 2. The first-order chi connectivity index (χ1) is 10.7. The summed E-state index contributed by atoms with van der Waals surface area (Å²) < 4.78 is 11.0. The zero-order chi connectivity index (χ0) is 15.8. The molecule has 2 aromatic carbocycles. The largest absolute Gasteiger partial charge is 0.493 e. The molecule has 0 radical (unpaired) electrons. The van der Waals surface area contributed by atoms with Gasteiger partial charge >= 0.3 is 0 Å². The quantitative estimate of drug-likeness (QED) is 0.814. The van der Waals surface area contributed by atoms with Crippen LogP contribution in [0, 0.1) is 0 Å². The van der Waals surface area contributed by atoms with E-state index in [0.717, 1.165) is 30.2 Å². The van der Waals surface area contributed by atoms with Gasteiger partial charge in [0.05, 0.1) is 13.7 Å². The summed E-state index contributed by atoms with van der Waals surface area (Å²) in [5, 5.41) is 9.04. The number of ether oxygens (including phenoxy) is 2. The van der Waals surface area contributed by atoms with E-state index in [1.54, 1.807) is 7.11 Å². The molecule has 4 heteroatoms. The highest BCUT2D eigenvalue weighted by molar-refractivity contribution is 5.39. The van der Waals surface area contributed by atoms with Crippen LogP contribution in [0.1, 0.15) is 11.1 Å². The maximum atomic E-state index is 9.04. The van der Waals surface area contributed by atoms with E-state index >= 15 is 0 Å². The molecule has 0 atom stereocenters. The van der Waals surface area contributed by atoms with Crippen molar-refractivity contribution in [2.24, 2.45) is 0 Å². The van der Waals surface area contributed by atoms with Gasteiger partial charge in [0, 0.05) is 13.1 Å². The van der Waals surface area contributed by atoms with Crippen molar-refractivity contribution in [3.63, 3.8) is 0 Å². The SMILES string of the molecule is COc1ccccc1OCCN(C)Cc1ccc(CO)cc1. The first kappa shape index (κ1) is 16.3. The van der Waals surface area contributed by atoms with Crippen LogP contribution in [0.15, 0.2) is 48.5 Å². The average molecular weight is 301 g/mol. The number of methoxy groups -OCH3 is 1. The van der Waals surface area contributed by atoms with E-state index in [4.69, 9.17) is 14.6 Å². The summed E-state index contributed by atoms with van der Waals surface area (Å²) in [6.07, 6.45) is 0. The summed E-state index contributed by atoms with van der Waals surface area (Å²) in [6.45, 7) is 2.36. The molecule has 0 spiro atoms. The summed E-state index contributed by atoms with van der Waals surface area (Å²) in [4.78, 5) is 2.20. The second-order valence-electron chi connectivity index (χ2n) is 5.21. The van der Waals surface area contributed by atoms with Crippen LogP contribution in [0.5, 0.6) is 11.5 Å². The lowest BCUT2D eigenvalue weighted by Crippen LogP contribution is -2.23. The van der Waals surface area contributed by atoms with Gasteiger partial charge in [0.1, 0.15) is 6.61 Å². The molecule has 0 unspecified atom stereocenters. The van der Waals surface area contributed by atoms with E-state index in [2.05, 4.69) is 11.9 Å². The smallest absolute Gasteiger partial charge is 0.161 e. The zero-order valence-corrected chi connectivity index (χ0v) is 13.2. The zero-order valence-electron chi connectivity index (χ0n) is 13.2. The lowest BCUT2D eigenvalue weighted by atomic mass is 10.1. The van der Waals surface area contributed by atoms with Gasteiger partial charge < -0.3 is 14.6 Å². The van der Waals surface area contributed by atoms with Crippen LogP contribution in [0.2, 0.25) is 0 Å². The first-order valence-electron chi connectivity index (χ1n) is 7.36. The molecule has 0 aliphatic carbocycles. The number of aliphatic hydroxyl groups excluding tert-OH is 1. The molecular weight excluding hydrogens is 278 g/mol. The number of hydrogen-bond donors (Lipinski definition) is 1. The highest BCUT2D eigenvalue weighted by Gasteiger charge is 2.04. The van der Waals surface area contributed by atoms with Gasteiger partial charge in [0.25, 0.3) is 0 Å². The van der Waals surface area contributed by atoms with E-state index in [0.29, 0.717) is 6.61 Å². The minimum absolute atomic E-state index is 0.0862. The molecule has 22 heavy (non-hydrogen) atoms. The Morgan fingerprint density at radius 1 is 0.955 bits per heavy atom. The van der Waals surface area contributed by atoms with Crippen molar-refractivity contribution in [2.45, 2.75) is 13.2 Å². The lowest BCUT2D eigenvalue weighted by molar-refractivity contribution is 0.226. The number of aliphatic hydroxyl groups is 1. The van der Waals surface area contributed by atoms with Crippen LogP contribution >= 0.6 is 0 Å². The first-order valence-corrected chi connectivity index (χ1v) is 7.36. The molecule has 0 aliphatic heterocycles. The Balaban J connectivity index is 1.78. The Bertz CT molecular complexity index is 569. The van der Waals surface area contributed by atoms with Crippen LogP contribution in [0.3, 0.4) is 0 Å². The van der Waals surface area contributed by atoms with Gasteiger partial charge in [-0.2, -0.15) is 0 Å². The third-order valence-corrected chi connectivity index (χ3v) is 3.46. The number of likely N-dealkylation sites (N-methyl/N-ethyl adjacent to an activating group) is 1. The van der Waals surface area contributed by atoms with Gasteiger partial charge in [-0.15, -0.1) is 0 Å². The predicted octanol–water partition coefficient (Wildman–Crippen LogP) is 2.70. The van der Waals surface area contributed by atoms with Crippen molar-refractivity contribution in [3.05, 3.63) is 59.7 Å². The minimum Gasteiger partial charge on any atom is -0.493 e. The summed E-state index contributed by atoms with van der Waals surface area (Å²) in [5.41, 5.74) is 2.16. The molecule has 0 aliphatic rings. The summed E-state index contributed by atoms with van der Waals surface area (Å²) in [5.74, 6) is 1.52. The molecule has 0 amide bonds. The topological polar surface area (TPSA) is 41.9 Å². The van der Waals surface area contributed by atoms with Crippen molar-refractivity contribution in [3.8, 4) is 11.5 Å². The van der Waals surface area contributed by atoms with Gasteiger partial charge in [-0.3, -0.25) is 4.90 Å². The van der Waals surface area contributed by atoms with E-state index in [1.165, 1.54) is 5.56 Å². The van der Waals surface area contributed by atoms with Gasteiger partial charge in [0.15, 0.2) is 11.5 Å². The Kier molecular flexibility index (Phi) is 6.25. The van der Waals surface area contributed by atoms with Crippen molar-refractivity contribution in [2.75, 3.05) is 27.3 Å². The standard InChI is InChI=1S/C18H23NO3/c1-19(13-15-7-9-16(14-20)10-8-15)11-12-22-18-6-4-3-5-17(18)21-2/h3-10,20H,11-14H2,1-2H3. The molecular formula is C18H23NO3. The third kappa shape index (κ3) is 4.76. The van der Waals surface area contributed by atoms with Crippen LogP contribution in [0.4, 0.5) is 0 Å². The molecule has 0 saturated heterocycles. The van der Waals surface area contributed by atoms with E-state index in [9.17, 15) is 0 Å². The van der Waals surface area contributed by atoms with Crippen molar-refractivity contribution in [1.29, 1.82) is 0 Å². The summed E-state index contributed by atoms with van der Waals surface area (Å²) >= 11 is 0. The van der Waals surface area contributed by atoms with Crippen molar-refractivity contribution < 1.29 is 14.6 Å². The number of hydrogen-bond acceptors (Lipinski definition) is 4. The fourth-order valence-electron chi connectivity index (χ4n) is 2.19. The monoisotopic (exact) mass is 301 g/mol. The molecule has 118 valence electrons. The predicted molar refractivity (Wildman–Crippen MR) is 87.2 cm³/mol. The Labute approximate surface area is 131 Å². The normalized spacial score (nSPS) is 10.7. The minimum atomic E-state index is 0.0862. The maximum absolute atomic E-state index is 9.04. The number of rotatable bonds is 8. The van der Waals surface area contributed by atoms with Crippen LogP contribution in [0.25, 0.3) is 0 Å². The highest BCUT2D eigenvalue weighted by atomic mass is 16.5. The summed E-state index contributed by atoms with van der Waals surface area (Å²) in [7, 11) is 3.70. The molecule has 0 heterocycles. The van der Waals surface area contributed by atoms with Crippen LogP contribution < -0.4 is 9.47 Å². The Morgan fingerprint density at radius 3 is 2.23 bits per heavy atom. The molecule has 4 nitrogen and oxygen atoms in total. The third-order valence-electron chi connectivity index (χ3n) is 3.46. The second kappa shape index (κ2) is 8.41. The summed E-state index contributed by atoms with van der Waals surface area (Å²) in [6, 6.07) is 15.7. The van der Waals surface area contributed by atoms with Gasteiger partial charge in [-0.25, -0.2) is 0 Å². The van der Waals surface area contributed by atoms with Gasteiger partial charge in [-0.05, 0) is 30.3 Å². The Hall–Kier alpha value is -2.04. The Morgan fingerprint density at radius 2 is 1.59 bits per heavy atom. The maximum Gasteiger partial charge on any atom is 0.161 e. The lowest BCUT2D eigenvalue weighted by Gasteiger charge is -2.18. The van der Waals surface area contributed by atoms with E-state index in [1.807, 2.05) is 48.5 Å². The molecule has 1 N–H and O–H groups in total. The van der Waals surface area contributed by atoms with Crippen LogP contribution in [-0.4, -0.2) is 37.3 Å². The molecule has 0 bridgehead atoms. The molecule has 0 aromatic heterocycles. The van der Waals surface area contributed by atoms with Crippen molar-refractivity contribution >= 4 is 0 Å². The fourth-order valence-corrected chi connectivity index (χ4v) is 2.19. The molecule has 2 aromatic rings. The van der Waals surface area contributed by atoms with Crippen LogP contribution in [-0.2, 0) is 13.2 Å². The fraction of sp³-hybridized carbons (Fsp3) is 0.333. The molecule has 2 rings (SSSR count). The molecule has 0 fully saturated rings. The average Bonchev–Trinajstić information content (AvgIpc) is 2.56. The van der Waals surface area contributed by atoms with E-state index < -0.39 is 0 Å². The van der Waals surface area contributed by atoms with Crippen molar-refractivity contribution in [1.82, 2.24) is 4.90 Å². The van der Waals surface area contributed by atoms with E-state index in [-0.39, 0.29) is 6.61 Å². The highest BCUT2D eigenvalue weighted by Crippen LogP contribution is 2.25. The van der Waals surface area contributed by atoms with Gasteiger partial charge in [-0.1, -0.05) is 36.4 Å².